The van der Waals surface area contributed by atoms with Crippen molar-refractivity contribution in [3.8, 4) is 0 Å². The van der Waals surface area contributed by atoms with Gasteiger partial charge in [0, 0.05) is 0 Å². The Bertz CT molecular complexity index is 86.7. The minimum atomic E-state index is -5.00. The van der Waals surface area contributed by atoms with Gasteiger partial charge in [-0.15, -0.1) is 11.6 Å². The Morgan fingerprint density at radius 3 is 1.44 bits per heavy atom. The zero-order valence-corrected chi connectivity index (χ0v) is 4.68. The van der Waals surface area contributed by atoms with Gasteiger partial charge in [0.25, 0.3) is 6.43 Å². The van der Waals surface area contributed by atoms with Crippen LogP contribution in [-0.4, -0.2) is 18.0 Å². The average Bonchev–Trinajstić information content (AvgIpc) is 1.62. The van der Waals surface area contributed by atoms with Crippen LogP contribution in [0.25, 0.3) is 0 Å². The van der Waals surface area contributed by atoms with E-state index in [4.69, 9.17) is 0 Å². The van der Waals surface area contributed by atoms with E-state index in [0.29, 0.717) is 0 Å². The van der Waals surface area contributed by atoms with Crippen molar-refractivity contribution < 1.29 is 22.0 Å². The first-order chi connectivity index (χ1) is 3.85. The summed E-state index contributed by atoms with van der Waals surface area (Å²) >= 11 is 4.22. The van der Waals surface area contributed by atoms with Gasteiger partial charge in [-0.25, -0.2) is 8.78 Å². The lowest BCUT2D eigenvalue weighted by atomic mass is 10.4. The molecule has 1 atom stereocenters. The molecule has 0 fully saturated rings. The number of rotatable bonds is 1. The average molecular weight is 168 g/mol. The Morgan fingerprint density at radius 2 is 1.44 bits per heavy atom. The molecule has 0 saturated heterocycles. The van der Waals surface area contributed by atoms with Gasteiger partial charge in [0.05, 0.1) is 0 Å². The molecule has 56 valence electrons. The van der Waals surface area contributed by atoms with Crippen molar-refractivity contribution in [2.75, 3.05) is 0 Å². The minimum Gasteiger partial charge on any atom is -0.208 e. The maximum atomic E-state index is 11.1. The second-order valence-electron chi connectivity index (χ2n) is 1.28. The molecule has 0 rings (SSSR count). The van der Waals surface area contributed by atoms with Gasteiger partial charge in [0.15, 0.2) is 5.38 Å². The molecule has 6 heteroatoms. The molecule has 0 aliphatic carbocycles. The minimum absolute atomic E-state index is 3.04. The molecule has 0 radical (unpaired) electrons. The Labute approximate surface area is 52.6 Å². The van der Waals surface area contributed by atoms with Crippen molar-refractivity contribution in [3.63, 3.8) is 0 Å². The summed E-state index contributed by atoms with van der Waals surface area (Å²) in [7, 11) is 0. The summed E-state index contributed by atoms with van der Waals surface area (Å²) < 4.78 is 55.4. The molecule has 0 bridgehead atoms. The highest BCUT2D eigenvalue weighted by Crippen LogP contribution is 2.28. The maximum Gasteiger partial charge on any atom is 0.410 e. The van der Waals surface area contributed by atoms with E-state index in [-0.39, 0.29) is 0 Å². The maximum absolute atomic E-state index is 11.1. The summed E-state index contributed by atoms with van der Waals surface area (Å²) in [5.74, 6) is 0. The van der Waals surface area contributed by atoms with E-state index in [0.717, 1.165) is 0 Å². The van der Waals surface area contributed by atoms with Crippen LogP contribution in [0.3, 0.4) is 0 Å². The predicted molar refractivity (Wildman–Crippen MR) is 21.7 cm³/mol. The molecule has 0 spiro atoms. The summed E-state index contributed by atoms with van der Waals surface area (Å²) in [5.41, 5.74) is 0. The topological polar surface area (TPSA) is 0 Å². The predicted octanol–water partition coefficient (Wildman–Crippen LogP) is 2.42. The van der Waals surface area contributed by atoms with Crippen molar-refractivity contribution in [2.24, 2.45) is 0 Å². The molecule has 9 heavy (non-hydrogen) atoms. The van der Waals surface area contributed by atoms with Crippen molar-refractivity contribution >= 4 is 11.6 Å². The summed E-state index contributed by atoms with van der Waals surface area (Å²) in [5, 5.41) is -3.04. The number of hydrogen-bond acceptors (Lipinski definition) is 0. The van der Waals surface area contributed by atoms with Crippen LogP contribution in [-0.2, 0) is 0 Å². The SMILES string of the molecule is FC(F)C(Cl)C(F)(F)F. The zero-order valence-electron chi connectivity index (χ0n) is 3.92. The molecule has 0 amide bonds. The third-order valence-electron chi connectivity index (χ3n) is 0.534. The van der Waals surface area contributed by atoms with Gasteiger partial charge in [-0.05, 0) is 0 Å². The molecular weight excluding hydrogens is 166 g/mol. The molecule has 0 aromatic heterocycles. The highest BCUT2D eigenvalue weighted by molar-refractivity contribution is 6.21. The van der Waals surface area contributed by atoms with Gasteiger partial charge in [0.1, 0.15) is 0 Å². The van der Waals surface area contributed by atoms with Crippen LogP contribution in [0.1, 0.15) is 0 Å². The fraction of sp³-hybridized carbons (Fsp3) is 1.00. The molecule has 0 heterocycles. The van der Waals surface area contributed by atoms with Gasteiger partial charge >= 0.3 is 6.18 Å². The van der Waals surface area contributed by atoms with E-state index in [9.17, 15) is 22.0 Å². The van der Waals surface area contributed by atoms with Crippen molar-refractivity contribution in [2.45, 2.75) is 18.0 Å². The van der Waals surface area contributed by atoms with E-state index in [1.165, 1.54) is 0 Å². The molecule has 0 aliphatic heterocycles. The number of halogens is 6. The molecular formula is C3H2ClF5. The zero-order chi connectivity index (χ0) is 7.65. The molecule has 1 unspecified atom stereocenters. The van der Waals surface area contributed by atoms with Gasteiger partial charge in [-0.2, -0.15) is 13.2 Å². The van der Waals surface area contributed by atoms with E-state index in [2.05, 4.69) is 11.6 Å². The van der Waals surface area contributed by atoms with Crippen LogP contribution in [0.5, 0.6) is 0 Å². The summed E-state index contributed by atoms with van der Waals surface area (Å²) in [4.78, 5) is 0. The van der Waals surface area contributed by atoms with E-state index in [1.54, 1.807) is 0 Å². The Kier molecular flexibility index (Phi) is 2.66. The second kappa shape index (κ2) is 2.68. The number of hydrogen-bond donors (Lipinski definition) is 0. The van der Waals surface area contributed by atoms with Crippen molar-refractivity contribution in [1.82, 2.24) is 0 Å². The van der Waals surface area contributed by atoms with Gasteiger partial charge in [-0.1, -0.05) is 0 Å². The molecule has 0 N–H and O–H groups in total. The van der Waals surface area contributed by atoms with Crippen LogP contribution in [0.15, 0.2) is 0 Å². The summed E-state index contributed by atoms with van der Waals surface area (Å²) in [6, 6.07) is 0. The first-order valence-corrected chi connectivity index (χ1v) is 2.28. The number of alkyl halides is 6. The van der Waals surface area contributed by atoms with Crippen LogP contribution >= 0.6 is 11.6 Å². The van der Waals surface area contributed by atoms with Crippen LogP contribution in [0.4, 0.5) is 22.0 Å². The van der Waals surface area contributed by atoms with Crippen LogP contribution in [0, 0.1) is 0 Å². The van der Waals surface area contributed by atoms with E-state index >= 15 is 0 Å². The van der Waals surface area contributed by atoms with Crippen LogP contribution in [0.2, 0.25) is 0 Å². The monoisotopic (exact) mass is 168 g/mol. The van der Waals surface area contributed by atoms with E-state index in [1.807, 2.05) is 0 Å². The lowest BCUT2D eigenvalue weighted by Crippen LogP contribution is -2.29. The smallest absolute Gasteiger partial charge is 0.208 e. The van der Waals surface area contributed by atoms with Crippen molar-refractivity contribution in [3.05, 3.63) is 0 Å². The first kappa shape index (κ1) is 8.94. The largest absolute Gasteiger partial charge is 0.410 e. The highest BCUT2D eigenvalue weighted by atomic mass is 35.5. The third kappa shape index (κ3) is 2.84. The van der Waals surface area contributed by atoms with Crippen molar-refractivity contribution in [1.29, 1.82) is 0 Å². The Balaban J connectivity index is 3.88. The van der Waals surface area contributed by atoms with E-state index < -0.39 is 18.0 Å². The summed E-state index contributed by atoms with van der Waals surface area (Å²) in [6.45, 7) is 0. The Hall–Kier alpha value is -0.0600. The fourth-order valence-corrected chi connectivity index (χ4v) is 0.143. The quantitative estimate of drug-likeness (QED) is 0.417. The standard InChI is InChI=1S/C3H2ClF5/c4-1(2(5)6)3(7,8)9/h1-2H. The van der Waals surface area contributed by atoms with Crippen LogP contribution < -0.4 is 0 Å². The third-order valence-corrected chi connectivity index (χ3v) is 0.972. The normalized spacial score (nSPS) is 16.3. The van der Waals surface area contributed by atoms with Gasteiger partial charge in [0.2, 0.25) is 0 Å². The van der Waals surface area contributed by atoms with Gasteiger partial charge < -0.3 is 0 Å². The first-order valence-electron chi connectivity index (χ1n) is 1.84. The molecule has 0 nitrogen and oxygen atoms in total. The molecule has 0 aromatic carbocycles. The molecule has 0 aliphatic rings. The van der Waals surface area contributed by atoms with Gasteiger partial charge in [-0.3, -0.25) is 0 Å². The summed E-state index contributed by atoms with van der Waals surface area (Å²) in [6.07, 6.45) is -8.55. The lowest BCUT2D eigenvalue weighted by Gasteiger charge is -2.10. The fourth-order valence-electron chi connectivity index (χ4n) is 0.143. The second-order valence-corrected chi connectivity index (χ2v) is 1.75. The lowest BCUT2D eigenvalue weighted by molar-refractivity contribution is -0.153. The Morgan fingerprint density at radius 1 is 1.11 bits per heavy atom. The highest BCUT2D eigenvalue weighted by Gasteiger charge is 2.44. The molecule has 0 aromatic rings. The molecule has 0 saturated carbocycles.